The summed E-state index contributed by atoms with van der Waals surface area (Å²) in [7, 11) is 0. The number of oxime groups is 1. The molecular weight excluding hydrogens is 208 g/mol. The highest BCUT2D eigenvalue weighted by Gasteiger charge is 2.18. The van der Waals surface area contributed by atoms with Crippen LogP contribution in [-0.2, 0) is 16.1 Å². The lowest BCUT2D eigenvalue weighted by molar-refractivity contribution is -0.135. The van der Waals surface area contributed by atoms with Crippen molar-refractivity contribution in [1.82, 2.24) is 0 Å². The van der Waals surface area contributed by atoms with Gasteiger partial charge in [-0.05, 0) is 11.6 Å². The van der Waals surface area contributed by atoms with Crippen molar-refractivity contribution in [2.45, 2.75) is 12.7 Å². The summed E-state index contributed by atoms with van der Waals surface area (Å²) < 4.78 is 10.6. The van der Waals surface area contributed by atoms with Crippen LogP contribution in [-0.4, -0.2) is 30.4 Å². The van der Waals surface area contributed by atoms with Crippen molar-refractivity contribution in [3.05, 3.63) is 35.4 Å². The monoisotopic (exact) mass is 222 g/mol. The minimum atomic E-state index is 0.105. The maximum absolute atomic E-state index is 8.56. The van der Waals surface area contributed by atoms with Gasteiger partial charge in [-0.3, -0.25) is 0 Å². The molecule has 0 saturated carbocycles. The van der Waals surface area contributed by atoms with Crippen LogP contribution in [0.15, 0.2) is 29.4 Å². The van der Waals surface area contributed by atoms with Gasteiger partial charge < -0.3 is 20.4 Å². The molecule has 2 rings (SSSR count). The van der Waals surface area contributed by atoms with Crippen LogP contribution >= 0.6 is 0 Å². The lowest BCUT2D eigenvalue weighted by atomic mass is 10.1. The molecular formula is C11H14N2O3. The first-order chi connectivity index (χ1) is 7.79. The normalized spacial score (nSPS) is 17.1. The first-order valence-corrected chi connectivity index (χ1v) is 5.06. The Hall–Kier alpha value is -1.59. The third-order valence-corrected chi connectivity index (χ3v) is 2.42. The van der Waals surface area contributed by atoms with Crippen LogP contribution in [0.3, 0.4) is 0 Å². The second-order valence-corrected chi connectivity index (χ2v) is 3.66. The Kier molecular flexibility index (Phi) is 3.38. The van der Waals surface area contributed by atoms with Gasteiger partial charge in [0.25, 0.3) is 0 Å². The summed E-state index contributed by atoms with van der Waals surface area (Å²) in [6, 6.07) is 7.41. The van der Waals surface area contributed by atoms with Crippen LogP contribution in [0, 0.1) is 0 Å². The Balaban J connectivity index is 1.98. The summed E-state index contributed by atoms with van der Waals surface area (Å²) in [5, 5.41) is 11.5. The van der Waals surface area contributed by atoms with Gasteiger partial charge in [-0.25, -0.2) is 0 Å². The quantitative estimate of drug-likeness (QED) is 0.340. The molecule has 0 spiro atoms. The Morgan fingerprint density at radius 3 is 3.00 bits per heavy atom. The number of nitrogens with zero attached hydrogens (tertiary/aromatic N) is 1. The van der Waals surface area contributed by atoms with E-state index < -0.39 is 0 Å². The van der Waals surface area contributed by atoms with E-state index >= 15 is 0 Å². The van der Waals surface area contributed by atoms with Crippen molar-refractivity contribution >= 4 is 5.84 Å². The first-order valence-electron chi connectivity index (χ1n) is 5.06. The fourth-order valence-corrected chi connectivity index (χ4v) is 1.40. The molecule has 1 aliphatic rings. The number of hydrogen-bond acceptors (Lipinski definition) is 4. The molecule has 0 aromatic heterocycles. The highest BCUT2D eigenvalue weighted by Crippen LogP contribution is 2.11. The van der Waals surface area contributed by atoms with Gasteiger partial charge in [0.05, 0.1) is 19.8 Å². The maximum Gasteiger partial charge on any atom is 0.170 e. The van der Waals surface area contributed by atoms with E-state index in [2.05, 4.69) is 5.16 Å². The van der Waals surface area contributed by atoms with Gasteiger partial charge in [0.1, 0.15) is 6.10 Å². The molecule has 0 unspecified atom stereocenters. The number of hydrogen-bond donors (Lipinski definition) is 2. The van der Waals surface area contributed by atoms with E-state index in [0.717, 1.165) is 5.56 Å². The molecule has 1 aromatic carbocycles. The van der Waals surface area contributed by atoms with E-state index in [1.807, 2.05) is 18.2 Å². The minimum absolute atomic E-state index is 0.105. The topological polar surface area (TPSA) is 77.1 Å². The van der Waals surface area contributed by atoms with Gasteiger partial charge in [-0.15, -0.1) is 0 Å². The van der Waals surface area contributed by atoms with Gasteiger partial charge in [0, 0.05) is 5.56 Å². The zero-order valence-electron chi connectivity index (χ0n) is 8.80. The van der Waals surface area contributed by atoms with Crippen molar-refractivity contribution in [3.8, 4) is 0 Å². The SMILES string of the molecule is N/C(=N/O)c1cccc(COC2COC2)c1. The van der Waals surface area contributed by atoms with Gasteiger partial charge in [0.15, 0.2) is 5.84 Å². The highest BCUT2D eigenvalue weighted by molar-refractivity contribution is 5.97. The van der Waals surface area contributed by atoms with Crippen LogP contribution in [0.25, 0.3) is 0 Å². The van der Waals surface area contributed by atoms with Crippen molar-refractivity contribution in [2.24, 2.45) is 10.9 Å². The molecule has 0 atom stereocenters. The zero-order chi connectivity index (χ0) is 11.4. The second kappa shape index (κ2) is 4.96. The molecule has 5 heteroatoms. The average molecular weight is 222 g/mol. The number of amidine groups is 1. The van der Waals surface area contributed by atoms with Crippen LogP contribution in [0.5, 0.6) is 0 Å². The largest absolute Gasteiger partial charge is 0.409 e. The van der Waals surface area contributed by atoms with Crippen molar-refractivity contribution in [3.63, 3.8) is 0 Å². The fourth-order valence-electron chi connectivity index (χ4n) is 1.40. The van der Waals surface area contributed by atoms with Crippen LogP contribution < -0.4 is 5.73 Å². The molecule has 1 aromatic rings. The summed E-state index contributed by atoms with van der Waals surface area (Å²) >= 11 is 0. The molecule has 0 aliphatic carbocycles. The Morgan fingerprint density at radius 2 is 2.38 bits per heavy atom. The molecule has 1 aliphatic heterocycles. The van der Waals surface area contributed by atoms with Gasteiger partial charge in [-0.1, -0.05) is 23.4 Å². The highest BCUT2D eigenvalue weighted by atomic mass is 16.6. The lowest BCUT2D eigenvalue weighted by Crippen LogP contribution is -2.35. The molecule has 5 nitrogen and oxygen atoms in total. The second-order valence-electron chi connectivity index (χ2n) is 3.66. The number of benzene rings is 1. The van der Waals surface area contributed by atoms with Crippen LogP contribution in [0.2, 0.25) is 0 Å². The van der Waals surface area contributed by atoms with Crippen LogP contribution in [0.1, 0.15) is 11.1 Å². The predicted molar refractivity (Wildman–Crippen MR) is 58.3 cm³/mol. The smallest absolute Gasteiger partial charge is 0.170 e. The van der Waals surface area contributed by atoms with E-state index in [4.69, 9.17) is 20.4 Å². The molecule has 0 bridgehead atoms. The molecule has 1 saturated heterocycles. The third-order valence-electron chi connectivity index (χ3n) is 2.42. The summed E-state index contributed by atoms with van der Waals surface area (Å²) in [6.07, 6.45) is 0.201. The van der Waals surface area contributed by atoms with E-state index in [1.54, 1.807) is 6.07 Å². The van der Waals surface area contributed by atoms with Gasteiger partial charge in [0.2, 0.25) is 0 Å². The summed E-state index contributed by atoms with van der Waals surface area (Å²) in [5.74, 6) is 0.105. The number of ether oxygens (including phenoxy) is 2. The van der Waals surface area contributed by atoms with Crippen molar-refractivity contribution in [1.29, 1.82) is 0 Å². The molecule has 16 heavy (non-hydrogen) atoms. The number of nitrogens with two attached hydrogens (primary N) is 1. The Morgan fingerprint density at radius 1 is 1.56 bits per heavy atom. The summed E-state index contributed by atoms with van der Waals surface area (Å²) in [6.45, 7) is 1.85. The average Bonchev–Trinajstić information content (AvgIpc) is 2.26. The van der Waals surface area contributed by atoms with Gasteiger partial charge >= 0.3 is 0 Å². The molecule has 0 amide bonds. The molecule has 0 radical (unpaired) electrons. The molecule has 1 fully saturated rings. The van der Waals surface area contributed by atoms with Crippen molar-refractivity contribution in [2.75, 3.05) is 13.2 Å². The number of rotatable bonds is 4. The summed E-state index contributed by atoms with van der Waals surface area (Å²) in [4.78, 5) is 0. The maximum atomic E-state index is 8.56. The molecule has 86 valence electrons. The fraction of sp³-hybridized carbons (Fsp3) is 0.364. The van der Waals surface area contributed by atoms with E-state index in [0.29, 0.717) is 25.4 Å². The lowest BCUT2D eigenvalue weighted by Gasteiger charge is -2.26. The predicted octanol–water partition coefficient (Wildman–Crippen LogP) is 0.696. The van der Waals surface area contributed by atoms with Gasteiger partial charge in [-0.2, -0.15) is 0 Å². The standard InChI is InChI=1S/C11H14N2O3/c12-11(13-14)9-3-1-2-8(4-9)5-16-10-6-15-7-10/h1-4,10,14H,5-7H2,(H2,12,13). The minimum Gasteiger partial charge on any atom is -0.409 e. The Bertz CT molecular complexity index is 389. The van der Waals surface area contributed by atoms with Crippen molar-refractivity contribution < 1.29 is 14.7 Å². The zero-order valence-corrected chi connectivity index (χ0v) is 8.80. The van der Waals surface area contributed by atoms with E-state index in [-0.39, 0.29) is 11.9 Å². The Labute approximate surface area is 93.5 Å². The van der Waals surface area contributed by atoms with Crippen LogP contribution in [0.4, 0.5) is 0 Å². The third kappa shape index (κ3) is 2.50. The molecule has 1 heterocycles. The summed E-state index contributed by atoms with van der Waals surface area (Å²) in [5.41, 5.74) is 7.18. The van der Waals surface area contributed by atoms with E-state index in [1.165, 1.54) is 0 Å². The first kappa shape index (κ1) is 10.9. The molecule has 3 N–H and O–H groups in total. The van der Waals surface area contributed by atoms with E-state index in [9.17, 15) is 0 Å².